The molecule has 0 radical (unpaired) electrons. The predicted molar refractivity (Wildman–Crippen MR) is 124 cm³/mol. The fourth-order valence-corrected chi connectivity index (χ4v) is 5.78. The Hall–Kier alpha value is -2.94. The highest BCUT2D eigenvalue weighted by Crippen LogP contribution is 2.36. The van der Waals surface area contributed by atoms with Gasteiger partial charge in [0.15, 0.2) is 11.0 Å². The van der Waals surface area contributed by atoms with E-state index >= 15 is 0 Å². The van der Waals surface area contributed by atoms with Crippen molar-refractivity contribution in [2.45, 2.75) is 51.9 Å². The summed E-state index contributed by atoms with van der Waals surface area (Å²) >= 11 is 0. The molecule has 0 atom stereocenters. The first-order chi connectivity index (χ1) is 14.6. The lowest BCUT2D eigenvalue weighted by molar-refractivity contribution is -0.617. The van der Waals surface area contributed by atoms with Crippen molar-refractivity contribution in [2.24, 2.45) is 7.05 Å². The Morgan fingerprint density at radius 2 is 1.73 bits per heavy atom. The maximum Gasteiger partial charge on any atom is 0.297 e. The fourth-order valence-electron chi connectivity index (χ4n) is 5.78. The van der Waals surface area contributed by atoms with Crippen LogP contribution in [0.15, 0.2) is 48.5 Å². The zero-order valence-corrected chi connectivity index (χ0v) is 18.1. The highest BCUT2D eigenvalue weighted by Gasteiger charge is 2.26. The van der Waals surface area contributed by atoms with Gasteiger partial charge in [-0.2, -0.15) is 4.40 Å². The maximum absolute atomic E-state index is 4.99. The van der Waals surface area contributed by atoms with E-state index in [1.165, 1.54) is 76.2 Å². The van der Waals surface area contributed by atoms with Crippen LogP contribution in [0.4, 0.5) is 0 Å². The number of para-hydroxylation sites is 1. The van der Waals surface area contributed by atoms with Crippen molar-refractivity contribution in [1.29, 1.82) is 0 Å². The zero-order valence-electron chi connectivity index (χ0n) is 18.1. The summed E-state index contributed by atoms with van der Waals surface area (Å²) < 4.78 is 4.84. The lowest BCUT2D eigenvalue weighted by Crippen LogP contribution is -2.27. The summed E-state index contributed by atoms with van der Waals surface area (Å²) in [5.41, 5.74) is 10.1. The molecule has 30 heavy (non-hydrogen) atoms. The summed E-state index contributed by atoms with van der Waals surface area (Å²) in [6, 6.07) is 18.1. The third-order valence-corrected chi connectivity index (χ3v) is 7.18. The van der Waals surface area contributed by atoms with E-state index in [1.807, 2.05) is 0 Å². The third kappa shape index (κ3) is 2.44. The smallest absolute Gasteiger partial charge is 0.252 e. The van der Waals surface area contributed by atoms with Crippen LogP contribution < -0.4 is 4.57 Å². The molecule has 1 fully saturated rings. The number of benzene rings is 2. The summed E-state index contributed by atoms with van der Waals surface area (Å²) in [6.45, 7) is 4.31. The Morgan fingerprint density at radius 1 is 0.933 bits per heavy atom. The molecular formula is C27H28N3+. The normalized spacial score (nSPS) is 15.7. The van der Waals surface area contributed by atoms with Crippen molar-refractivity contribution >= 4 is 38.5 Å². The first kappa shape index (κ1) is 17.9. The van der Waals surface area contributed by atoms with Gasteiger partial charge < -0.3 is 0 Å². The van der Waals surface area contributed by atoms with E-state index in [2.05, 4.69) is 78.4 Å². The van der Waals surface area contributed by atoms with Crippen LogP contribution in [-0.4, -0.2) is 9.38 Å². The second-order valence-electron chi connectivity index (χ2n) is 9.12. The topological polar surface area (TPSA) is 21.2 Å². The molecule has 0 unspecified atom stereocenters. The second kappa shape index (κ2) is 6.53. The van der Waals surface area contributed by atoms with Crippen molar-refractivity contribution < 1.29 is 4.57 Å². The lowest BCUT2D eigenvalue weighted by Gasteiger charge is -2.21. The van der Waals surface area contributed by atoms with Crippen LogP contribution >= 0.6 is 0 Å². The molecular weight excluding hydrogens is 366 g/mol. The molecule has 0 spiro atoms. The van der Waals surface area contributed by atoms with Gasteiger partial charge in [0.05, 0.1) is 18.0 Å². The Morgan fingerprint density at radius 3 is 2.57 bits per heavy atom. The van der Waals surface area contributed by atoms with Gasteiger partial charge in [-0.1, -0.05) is 37.5 Å². The molecule has 0 saturated heterocycles. The Balaban J connectivity index is 1.81. The predicted octanol–water partition coefficient (Wildman–Crippen LogP) is 6.28. The summed E-state index contributed by atoms with van der Waals surface area (Å²) in [5, 5.41) is 2.49. The van der Waals surface area contributed by atoms with Gasteiger partial charge in [-0.3, -0.25) is 4.98 Å². The number of rotatable bonds is 1. The van der Waals surface area contributed by atoms with Crippen molar-refractivity contribution in [3.05, 3.63) is 65.4 Å². The highest BCUT2D eigenvalue weighted by molar-refractivity contribution is 6.11. The van der Waals surface area contributed by atoms with Crippen LogP contribution in [0.5, 0.6) is 0 Å². The summed E-state index contributed by atoms with van der Waals surface area (Å²) in [7, 11) is 2.20. The van der Waals surface area contributed by atoms with E-state index in [0.29, 0.717) is 5.92 Å². The third-order valence-electron chi connectivity index (χ3n) is 7.18. The molecule has 150 valence electrons. The number of hydrogen-bond donors (Lipinski definition) is 0. The molecule has 0 N–H and O–H groups in total. The lowest BCUT2D eigenvalue weighted by atomic mass is 9.84. The Bertz CT molecular complexity index is 1450. The van der Waals surface area contributed by atoms with E-state index < -0.39 is 0 Å². The standard InChI is InChI=1S/C27H28N3/c1-17-15-18(2)28-26-21-11-7-8-12-22(21)30-24-16-20(19-9-5-4-6-10-19)13-14-23(24)29(3)27(30)25(17)26/h7-8,11-16,19H,4-6,9-10H2,1-3H3/q+1. The van der Waals surface area contributed by atoms with Gasteiger partial charge in [-0.15, -0.1) is 0 Å². The molecule has 1 aliphatic rings. The average Bonchev–Trinajstić information content (AvgIpc) is 3.06. The molecule has 6 rings (SSSR count). The molecule has 2 aromatic carbocycles. The molecule has 0 bridgehead atoms. The number of nitrogens with zero attached hydrogens (tertiary/aromatic N) is 3. The SMILES string of the molecule is Cc1cc(C)c2c(n1)c1ccccc1n1c3cc(C4CCCCC4)ccc3[n+](C)c21. The minimum atomic E-state index is 0.705. The molecule has 3 aromatic heterocycles. The van der Waals surface area contributed by atoms with Crippen LogP contribution in [0.25, 0.3) is 38.5 Å². The van der Waals surface area contributed by atoms with Gasteiger partial charge in [0.25, 0.3) is 5.65 Å². The largest absolute Gasteiger partial charge is 0.297 e. The number of pyridine rings is 2. The van der Waals surface area contributed by atoms with Crippen LogP contribution in [0, 0.1) is 13.8 Å². The van der Waals surface area contributed by atoms with E-state index in [1.54, 1.807) is 0 Å². The van der Waals surface area contributed by atoms with Crippen LogP contribution in [0.3, 0.4) is 0 Å². The van der Waals surface area contributed by atoms with Gasteiger partial charge in [-0.05, 0) is 74.1 Å². The number of aromatic nitrogens is 3. The maximum atomic E-state index is 4.99. The average molecular weight is 395 g/mol. The van der Waals surface area contributed by atoms with Crippen LogP contribution in [0.2, 0.25) is 0 Å². The van der Waals surface area contributed by atoms with E-state index in [4.69, 9.17) is 4.98 Å². The number of fused-ring (bicyclic) bond motifs is 8. The van der Waals surface area contributed by atoms with Crippen molar-refractivity contribution in [2.75, 3.05) is 0 Å². The van der Waals surface area contributed by atoms with Crippen molar-refractivity contribution in [3.63, 3.8) is 0 Å². The first-order valence-corrected chi connectivity index (χ1v) is 11.3. The summed E-state index contributed by atoms with van der Waals surface area (Å²) in [5.74, 6) is 0.705. The van der Waals surface area contributed by atoms with Gasteiger partial charge in [0.1, 0.15) is 5.52 Å². The van der Waals surface area contributed by atoms with E-state index in [0.717, 1.165) is 11.2 Å². The summed E-state index contributed by atoms with van der Waals surface area (Å²) in [4.78, 5) is 4.99. The zero-order chi connectivity index (χ0) is 20.4. The van der Waals surface area contributed by atoms with E-state index in [-0.39, 0.29) is 0 Å². The monoisotopic (exact) mass is 394 g/mol. The highest BCUT2D eigenvalue weighted by atomic mass is 15.1. The van der Waals surface area contributed by atoms with Crippen molar-refractivity contribution in [1.82, 2.24) is 9.38 Å². The number of hydrogen-bond acceptors (Lipinski definition) is 1. The Labute approximate surface area is 177 Å². The molecule has 3 heteroatoms. The first-order valence-electron chi connectivity index (χ1n) is 11.3. The second-order valence-corrected chi connectivity index (χ2v) is 9.12. The van der Waals surface area contributed by atoms with Gasteiger partial charge in [0.2, 0.25) is 0 Å². The Kier molecular flexibility index (Phi) is 3.89. The van der Waals surface area contributed by atoms with Crippen LogP contribution in [-0.2, 0) is 7.05 Å². The molecule has 0 aliphatic heterocycles. The van der Waals surface area contributed by atoms with Crippen LogP contribution in [0.1, 0.15) is 54.8 Å². The van der Waals surface area contributed by atoms with Gasteiger partial charge >= 0.3 is 0 Å². The van der Waals surface area contributed by atoms with Gasteiger partial charge in [-0.25, -0.2) is 4.57 Å². The molecule has 3 nitrogen and oxygen atoms in total. The molecule has 0 amide bonds. The number of aryl methyl sites for hydroxylation is 3. The van der Waals surface area contributed by atoms with E-state index in [9.17, 15) is 0 Å². The quantitative estimate of drug-likeness (QED) is 0.242. The minimum absolute atomic E-state index is 0.705. The fraction of sp³-hybridized carbons (Fsp3) is 0.333. The minimum Gasteiger partial charge on any atom is -0.252 e. The van der Waals surface area contributed by atoms with Gasteiger partial charge in [0, 0.05) is 11.1 Å². The molecule has 1 aliphatic carbocycles. The molecule has 5 aromatic rings. The molecule has 1 saturated carbocycles. The molecule has 3 heterocycles. The summed E-state index contributed by atoms with van der Waals surface area (Å²) in [6.07, 6.45) is 6.77. The number of imidazole rings is 1. The van der Waals surface area contributed by atoms with Crippen molar-refractivity contribution in [3.8, 4) is 0 Å².